The van der Waals surface area contributed by atoms with E-state index in [2.05, 4.69) is 12.1 Å². The molecule has 1 N–H and O–H groups in total. The first-order chi connectivity index (χ1) is 10.1. The maximum Gasteiger partial charge on any atom is 0.351 e. The molecular weight excluding hydrogens is 274 g/mol. The Balaban J connectivity index is 2.20. The SMILES string of the molecule is C=CCONC(CC)=C1C(=O)OC2(C=CCCC2)OC1=O. The Morgan fingerprint density at radius 3 is 2.71 bits per heavy atom. The van der Waals surface area contributed by atoms with Crippen LogP contribution in [0.2, 0.25) is 0 Å². The van der Waals surface area contributed by atoms with Gasteiger partial charge in [0.1, 0.15) is 0 Å². The molecule has 0 aromatic rings. The number of hydroxylamine groups is 1. The van der Waals surface area contributed by atoms with Crippen LogP contribution in [0.15, 0.2) is 36.1 Å². The molecule has 0 radical (unpaired) electrons. The van der Waals surface area contributed by atoms with Gasteiger partial charge in [-0.3, -0.25) is 10.3 Å². The van der Waals surface area contributed by atoms with Crippen LogP contribution in [0.3, 0.4) is 0 Å². The minimum absolute atomic E-state index is 0.147. The number of hydrogen-bond donors (Lipinski definition) is 1. The summed E-state index contributed by atoms with van der Waals surface area (Å²) in [5, 5.41) is 0. The number of rotatable bonds is 5. The lowest BCUT2D eigenvalue weighted by atomic mass is 10.00. The third-order valence-electron chi connectivity index (χ3n) is 3.26. The van der Waals surface area contributed by atoms with E-state index in [4.69, 9.17) is 14.3 Å². The van der Waals surface area contributed by atoms with Crippen LogP contribution < -0.4 is 5.48 Å². The second-order valence-electron chi connectivity index (χ2n) is 4.79. The minimum atomic E-state index is -1.24. The van der Waals surface area contributed by atoms with Gasteiger partial charge >= 0.3 is 11.9 Å². The Labute approximate surface area is 123 Å². The summed E-state index contributed by atoms with van der Waals surface area (Å²) in [7, 11) is 0. The smallest absolute Gasteiger partial charge is 0.351 e. The lowest BCUT2D eigenvalue weighted by molar-refractivity contribution is -0.221. The van der Waals surface area contributed by atoms with Crippen LogP contribution in [-0.4, -0.2) is 24.3 Å². The van der Waals surface area contributed by atoms with Gasteiger partial charge in [0.2, 0.25) is 0 Å². The van der Waals surface area contributed by atoms with Crippen LogP contribution in [-0.2, 0) is 23.9 Å². The van der Waals surface area contributed by atoms with Gasteiger partial charge in [0, 0.05) is 6.42 Å². The van der Waals surface area contributed by atoms with Gasteiger partial charge in [-0.15, -0.1) is 6.58 Å². The van der Waals surface area contributed by atoms with Gasteiger partial charge in [-0.05, 0) is 25.3 Å². The van der Waals surface area contributed by atoms with Crippen LogP contribution in [0, 0.1) is 0 Å². The number of nitrogens with one attached hydrogen (secondary N) is 1. The normalized spacial score (nSPS) is 24.5. The van der Waals surface area contributed by atoms with Crippen molar-refractivity contribution in [1.29, 1.82) is 0 Å². The van der Waals surface area contributed by atoms with E-state index in [1.54, 1.807) is 19.1 Å². The van der Waals surface area contributed by atoms with Crippen molar-refractivity contribution in [3.05, 3.63) is 36.1 Å². The van der Waals surface area contributed by atoms with Crippen molar-refractivity contribution in [3.63, 3.8) is 0 Å². The number of ether oxygens (including phenoxy) is 2. The molecule has 114 valence electrons. The number of allylic oxidation sites excluding steroid dienone is 2. The Kier molecular flexibility index (Phi) is 4.80. The quantitative estimate of drug-likeness (QED) is 0.208. The Morgan fingerprint density at radius 1 is 1.48 bits per heavy atom. The van der Waals surface area contributed by atoms with Crippen LogP contribution in [0.5, 0.6) is 0 Å². The molecule has 6 nitrogen and oxygen atoms in total. The molecule has 1 fully saturated rings. The van der Waals surface area contributed by atoms with Gasteiger partial charge in [0.05, 0.1) is 12.3 Å². The highest BCUT2D eigenvalue weighted by atomic mass is 16.7. The highest BCUT2D eigenvalue weighted by Gasteiger charge is 2.46. The van der Waals surface area contributed by atoms with Crippen molar-refractivity contribution in [2.24, 2.45) is 0 Å². The van der Waals surface area contributed by atoms with Crippen molar-refractivity contribution in [3.8, 4) is 0 Å². The van der Waals surface area contributed by atoms with Crippen LogP contribution in [0.25, 0.3) is 0 Å². The summed E-state index contributed by atoms with van der Waals surface area (Å²) < 4.78 is 10.7. The second-order valence-corrected chi connectivity index (χ2v) is 4.79. The summed E-state index contributed by atoms with van der Waals surface area (Å²) in [4.78, 5) is 29.4. The van der Waals surface area contributed by atoms with Gasteiger partial charge in [0.15, 0.2) is 5.57 Å². The predicted molar refractivity (Wildman–Crippen MR) is 74.5 cm³/mol. The number of carbonyl (C=O) groups is 2. The van der Waals surface area contributed by atoms with Crippen molar-refractivity contribution in [2.45, 2.75) is 38.4 Å². The molecule has 1 aliphatic carbocycles. The molecule has 6 heteroatoms. The zero-order chi connectivity index (χ0) is 15.3. The summed E-state index contributed by atoms with van der Waals surface area (Å²) in [5.41, 5.74) is 2.77. The maximum atomic E-state index is 12.2. The molecule has 0 aromatic carbocycles. The van der Waals surface area contributed by atoms with Gasteiger partial charge in [-0.2, -0.15) is 0 Å². The second kappa shape index (κ2) is 6.58. The lowest BCUT2D eigenvalue weighted by Gasteiger charge is -2.36. The molecule has 0 amide bonds. The predicted octanol–water partition coefficient (Wildman–Crippen LogP) is 1.89. The number of hydrogen-bond acceptors (Lipinski definition) is 6. The molecule has 2 aliphatic rings. The van der Waals surface area contributed by atoms with E-state index < -0.39 is 17.7 Å². The van der Waals surface area contributed by atoms with E-state index in [0.29, 0.717) is 18.5 Å². The summed E-state index contributed by atoms with van der Waals surface area (Å²) in [6.07, 6.45) is 7.61. The van der Waals surface area contributed by atoms with Crippen molar-refractivity contribution >= 4 is 11.9 Å². The molecule has 21 heavy (non-hydrogen) atoms. The summed E-state index contributed by atoms with van der Waals surface area (Å²) >= 11 is 0. The van der Waals surface area contributed by atoms with Crippen molar-refractivity contribution in [1.82, 2.24) is 5.48 Å². The summed E-state index contributed by atoms with van der Waals surface area (Å²) in [6, 6.07) is 0. The molecule has 0 saturated carbocycles. The van der Waals surface area contributed by atoms with Gasteiger partial charge in [-0.1, -0.05) is 19.1 Å². The maximum absolute atomic E-state index is 12.2. The molecular formula is C15H19NO5. The van der Waals surface area contributed by atoms with Crippen molar-refractivity contribution < 1.29 is 23.9 Å². The van der Waals surface area contributed by atoms with E-state index >= 15 is 0 Å². The van der Waals surface area contributed by atoms with Crippen LogP contribution >= 0.6 is 0 Å². The first-order valence-corrected chi connectivity index (χ1v) is 6.98. The lowest BCUT2D eigenvalue weighted by Crippen LogP contribution is -2.46. The molecule has 1 saturated heterocycles. The molecule has 0 atom stereocenters. The van der Waals surface area contributed by atoms with E-state index in [1.807, 2.05) is 6.08 Å². The topological polar surface area (TPSA) is 73.9 Å². The Bertz CT molecular complexity index is 486. The van der Waals surface area contributed by atoms with E-state index in [9.17, 15) is 9.59 Å². The van der Waals surface area contributed by atoms with E-state index in [0.717, 1.165) is 12.8 Å². The fourth-order valence-corrected chi connectivity index (χ4v) is 2.24. The Morgan fingerprint density at radius 2 is 2.19 bits per heavy atom. The third kappa shape index (κ3) is 3.33. The van der Waals surface area contributed by atoms with Crippen LogP contribution in [0.4, 0.5) is 0 Å². The average Bonchev–Trinajstić information content (AvgIpc) is 2.45. The van der Waals surface area contributed by atoms with Crippen LogP contribution in [0.1, 0.15) is 32.6 Å². The number of carbonyl (C=O) groups excluding carboxylic acids is 2. The molecule has 0 aromatic heterocycles. The summed E-state index contributed by atoms with van der Waals surface area (Å²) in [6.45, 7) is 5.54. The highest BCUT2D eigenvalue weighted by molar-refractivity contribution is 6.16. The largest absolute Gasteiger partial charge is 0.415 e. The minimum Gasteiger partial charge on any atom is -0.415 e. The zero-order valence-electron chi connectivity index (χ0n) is 12.0. The van der Waals surface area contributed by atoms with Crippen molar-refractivity contribution in [2.75, 3.05) is 6.61 Å². The molecule has 0 unspecified atom stereocenters. The molecule has 2 rings (SSSR count). The monoisotopic (exact) mass is 293 g/mol. The first-order valence-electron chi connectivity index (χ1n) is 6.98. The highest BCUT2D eigenvalue weighted by Crippen LogP contribution is 2.33. The van der Waals surface area contributed by atoms with Gasteiger partial charge < -0.3 is 9.47 Å². The van der Waals surface area contributed by atoms with E-state index in [-0.39, 0.29) is 12.2 Å². The molecule has 1 spiro atoms. The summed E-state index contributed by atoms with van der Waals surface area (Å²) in [5.74, 6) is -2.62. The zero-order valence-corrected chi connectivity index (χ0v) is 12.0. The molecule has 1 heterocycles. The first kappa shape index (κ1) is 15.3. The standard InChI is InChI=1S/C15H19NO5/c1-3-10-19-16-11(4-2)12-13(17)20-15(21-14(12)18)8-6-5-7-9-15/h3,6,8,16H,1,4-5,7,9-10H2,2H3. The average molecular weight is 293 g/mol. The third-order valence-corrected chi connectivity index (χ3v) is 3.26. The van der Waals surface area contributed by atoms with Gasteiger partial charge in [-0.25, -0.2) is 9.59 Å². The number of esters is 2. The Hall–Kier alpha value is -2.08. The molecule has 1 aliphatic heterocycles. The fraction of sp³-hybridized carbons (Fsp3) is 0.467. The molecule has 0 bridgehead atoms. The fourth-order valence-electron chi connectivity index (χ4n) is 2.24. The van der Waals surface area contributed by atoms with Gasteiger partial charge in [0.25, 0.3) is 5.79 Å². The van der Waals surface area contributed by atoms with E-state index in [1.165, 1.54) is 0 Å².